The molecule has 0 fully saturated rings. The van der Waals surface area contributed by atoms with Gasteiger partial charge < -0.3 is 11.5 Å². The number of nitriles is 2. The van der Waals surface area contributed by atoms with Gasteiger partial charge in [-0.25, -0.2) is 8.78 Å². The zero-order valence-electron chi connectivity index (χ0n) is 19.0. The number of rotatable bonds is 3. The number of anilines is 3. The minimum Gasteiger partial charge on any atom is -0.399 e. The van der Waals surface area contributed by atoms with Gasteiger partial charge in [-0.3, -0.25) is 5.43 Å². The van der Waals surface area contributed by atoms with Gasteiger partial charge in [0.2, 0.25) is 0 Å². The van der Waals surface area contributed by atoms with Crippen molar-refractivity contribution >= 4 is 46.0 Å². The van der Waals surface area contributed by atoms with Crippen LogP contribution < -0.4 is 16.9 Å². The van der Waals surface area contributed by atoms with E-state index in [0.717, 1.165) is 0 Å². The van der Waals surface area contributed by atoms with Crippen molar-refractivity contribution in [2.24, 2.45) is 10.3 Å². The Morgan fingerprint density at radius 1 is 0.730 bits per heavy atom. The van der Waals surface area contributed by atoms with E-state index in [4.69, 9.17) is 45.2 Å². The molecule has 186 valence electrons. The number of hydrogen-bond acceptors (Lipinski definition) is 6. The highest BCUT2D eigenvalue weighted by molar-refractivity contribution is 6.31. The van der Waals surface area contributed by atoms with Gasteiger partial charge in [0.05, 0.1) is 26.9 Å². The minimum atomic E-state index is -0.501. The molecule has 11 heteroatoms. The van der Waals surface area contributed by atoms with Gasteiger partial charge in [0, 0.05) is 11.4 Å². The molecule has 0 spiro atoms. The first-order valence-electron chi connectivity index (χ1n) is 10.3. The van der Waals surface area contributed by atoms with Crippen molar-refractivity contribution in [1.29, 1.82) is 10.5 Å². The summed E-state index contributed by atoms with van der Waals surface area (Å²) < 4.78 is 25.2. The molecule has 0 radical (unpaired) electrons. The molecule has 0 aromatic heterocycles. The van der Waals surface area contributed by atoms with Crippen LogP contribution in [0.5, 0.6) is 0 Å². The maximum atomic E-state index is 12.9. The van der Waals surface area contributed by atoms with Crippen molar-refractivity contribution in [2.45, 2.75) is 0 Å². The van der Waals surface area contributed by atoms with E-state index in [1.54, 1.807) is 48.5 Å². The first-order chi connectivity index (χ1) is 17.7. The molecule has 0 aliphatic rings. The zero-order chi connectivity index (χ0) is 27.2. The van der Waals surface area contributed by atoms with Crippen LogP contribution in [0.1, 0.15) is 11.1 Å². The molecule has 0 aliphatic carbocycles. The van der Waals surface area contributed by atoms with Crippen molar-refractivity contribution in [3.05, 3.63) is 118 Å². The fourth-order valence-electron chi connectivity index (χ4n) is 2.47. The molecule has 0 saturated carbocycles. The number of nitrogens with one attached hydrogen (secondary N) is 1. The van der Waals surface area contributed by atoms with Crippen molar-refractivity contribution in [2.75, 3.05) is 16.9 Å². The molecule has 4 aromatic carbocycles. The van der Waals surface area contributed by atoms with Gasteiger partial charge in [-0.2, -0.15) is 10.5 Å². The van der Waals surface area contributed by atoms with E-state index < -0.39 is 11.6 Å². The van der Waals surface area contributed by atoms with Crippen molar-refractivity contribution in [3.8, 4) is 12.1 Å². The second-order valence-corrected chi connectivity index (χ2v) is 7.76. The van der Waals surface area contributed by atoms with Crippen LogP contribution in [0.3, 0.4) is 0 Å². The Morgan fingerprint density at radius 2 is 1.30 bits per heavy atom. The van der Waals surface area contributed by atoms with Crippen LogP contribution in [0.2, 0.25) is 10.0 Å². The Bertz CT molecular complexity index is 1460. The average molecular weight is 538 g/mol. The highest BCUT2D eigenvalue weighted by Crippen LogP contribution is 2.21. The van der Waals surface area contributed by atoms with E-state index in [9.17, 15) is 8.78 Å². The Kier molecular flexibility index (Phi) is 11.3. The Labute approximate surface area is 222 Å². The lowest BCUT2D eigenvalue weighted by Gasteiger charge is -2.00. The molecule has 0 aliphatic heterocycles. The van der Waals surface area contributed by atoms with E-state index in [-0.39, 0.29) is 10.0 Å². The smallest absolute Gasteiger partial charge is 0.141 e. The summed E-state index contributed by atoms with van der Waals surface area (Å²) >= 11 is 11.0. The third-order valence-corrected chi connectivity index (χ3v) is 4.89. The van der Waals surface area contributed by atoms with Gasteiger partial charge in [0.25, 0.3) is 0 Å². The van der Waals surface area contributed by atoms with Crippen LogP contribution in [0.4, 0.5) is 31.5 Å². The van der Waals surface area contributed by atoms with Crippen LogP contribution in [-0.4, -0.2) is 0 Å². The number of halogens is 4. The summed E-state index contributed by atoms with van der Waals surface area (Å²) in [4.78, 5) is 0. The number of para-hydroxylation sites is 1. The minimum absolute atomic E-state index is 0.00220. The topological polar surface area (TPSA) is 136 Å². The van der Waals surface area contributed by atoms with Gasteiger partial charge in [0.1, 0.15) is 29.5 Å². The molecule has 0 heterocycles. The van der Waals surface area contributed by atoms with Gasteiger partial charge >= 0.3 is 0 Å². The largest absolute Gasteiger partial charge is 0.399 e. The van der Waals surface area contributed by atoms with E-state index >= 15 is 0 Å². The molecule has 4 aromatic rings. The predicted octanol–water partition coefficient (Wildman–Crippen LogP) is 7.66. The molecular weight excluding hydrogens is 519 g/mol. The van der Waals surface area contributed by atoms with Crippen LogP contribution in [0, 0.1) is 34.3 Å². The third kappa shape index (κ3) is 9.46. The van der Waals surface area contributed by atoms with Crippen molar-refractivity contribution in [3.63, 3.8) is 0 Å². The molecular formula is C26H19Cl2F2N7. The Balaban J connectivity index is 0.000000222. The quantitative estimate of drug-likeness (QED) is 0.140. The maximum Gasteiger partial charge on any atom is 0.141 e. The van der Waals surface area contributed by atoms with Gasteiger partial charge in [-0.1, -0.05) is 52.7 Å². The monoisotopic (exact) mass is 537 g/mol. The number of nitrogen functional groups attached to an aromatic ring is 2. The summed E-state index contributed by atoms with van der Waals surface area (Å²) in [6.07, 6.45) is 0. The van der Waals surface area contributed by atoms with Crippen molar-refractivity contribution < 1.29 is 8.78 Å². The summed E-state index contributed by atoms with van der Waals surface area (Å²) in [7, 11) is 0. The first-order valence-corrected chi connectivity index (χ1v) is 11.1. The molecule has 0 amide bonds. The highest BCUT2D eigenvalue weighted by Gasteiger charge is 2.01. The number of nitrogens with two attached hydrogens (primary N) is 2. The molecule has 0 atom stereocenters. The molecule has 5 N–H and O–H groups in total. The van der Waals surface area contributed by atoms with Crippen LogP contribution in [0.25, 0.3) is 0 Å². The number of nitrogens with zero attached hydrogens (tertiary/aromatic N) is 4. The van der Waals surface area contributed by atoms with E-state index in [2.05, 4.69) is 15.8 Å². The predicted molar refractivity (Wildman–Crippen MR) is 142 cm³/mol. The molecule has 37 heavy (non-hydrogen) atoms. The lowest BCUT2D eigenvalue weighted by Crippen LogP contribution is -1.87. The summed E-state index contributed by atoms with van der Waals surface area (Å²) in [5, 5.41) is 24.9. The van der Waals surface area contributed by atoms with Crippen LogP contribution in [-0.2, 0) is 0 Å². The van der Waals surface area contributed by atoms with E-state index in [0.29, 0.717) is 33.9 Å². The summed E-state index contributed by atoms with van der Waals surface area (Å²) in [6, 6.07) is 25.9. The van der Waals surface area contributed by atoms with Crippen molar-refractivity contribution in [1.82, 2.24) is 0 Å². The highest BCUT2D eigenvalue weighted by atomic mass is 35.5. The SMILES string of the molecule is N#Cc1ccccc1N.N#Cc1ccccc1N=NNc1ccc(F)c(Cl)c1.Nc1ccc(F)c(Cl)c1. The maximum absolute atomic E-state index is 12.9. The zero-order valence-corrected chi connectivity index (χ0v) is 20.6. The Morgan fingerprint density at radius 3 is 1.84 bits per heavy atom. The summed E-state index contributed by atoms with van der Waals surface area (Å²) in [6.45, 7) is 0. The Hall–Kier alpha value is -4.70. The molecule has 7 nitrogen and oxygen atoms in total. The molecule has 0 saturated heterocycles. The average Bonchev–Trinajstić information content (AvgIpc) is 2.90. The standard InChI is InChI=1S/C13H8ClFN4.C7H6N2.C6H5ClFN/c14-11-7-10(5-6-12(11)15)17-19-18-13-4-2-1-3-9(13)8-16;8-5-6-3-1-2-4-7(6)9;7-5-3-4(9)1-2-6(5)8/h1-7H,(H,17,18);1-4H,9H2;1-3H,9H2. The fraction of sp³-hybridized carbons (Fsp3) is 0. The van der Waals surface area contributed by atoms with Crippen LogP contribution in [0.15, 0.2) is 95.3 Å². The summed E-state index contributed by atoms with van der Waals surface area (Å²) in [5.74, 6) is -0.940. The van der Waals surface area contributed by atoms with Gasteiger partial charge in [0.15, 0.2) is 0 Å². The van der Waals surface area contributed by atoms with Gasteiger partial charge in [-0.15, -0.1) is 5.11 Å². The normalized spacial score (nSPS) is 9.68. The second kappa shape index (κ2) is 14.6. The first kappa shape index (κ1) is 28.5. The third-order valence-electron chi connectivity index (χ3n) is 4.31. The fourth-order valence-corrected chi connectivity index (χ4v) is 2.84. The lowest BCUT2D eigenvalue weighted by molar-refractivity contribution is 0.628. The van der Waals surface area contributed by atoms with E-state index in [1.165, 1.54) is 36.4 Å². The lowest BCUT2D eigenvalue weighted by atomic mass is 10.2. The molecule has 0 unspecified atom stereocenters. The van der Waals surface area contributed by atoms with E-state index in [1.807, 2.05) is 12.1 Å². The molecule has 4 rings (SSSR count). The second-order valence-electron chi connectivity index (χ2n) is 6.94. The van der Waals surface area contributed by atoms with Crippen LogP contribution >= 0.6 is 23.2 Å². The number of benzene rings is 4. The summed E-state index contributed by atoms with van der Waals surface area (Å²) in [5.41, 5.74) is 16.2. The number of hydrogen-bond donors (Lipinski definition) is 3. The van der Waals surface area contributed by atoms with Gasteiger partial charge in [-0.05, 0) is 60.7 Å². The molecule has 0 bridgehead atoms.